The fraction of sp³-hybridized carbons (Fsp3) is 0.316. The first-order valence-corrected chi connectivity index (χ1v) is 8.08. The maximum atomic E-state index is 12.9. The van der Waals surface area contributed by atoms with Gasteiger partial charge in [0.15, 0.2) is 17.3 Å². The number of hydrogen-bond acceptors (Lipinski definition) is 6. The molecule has 1 atom stereocenters. The Morgan fingerprint density at radius 2 is 1.80 bits per heavy atom. The van der Waals surface area contributed by atoms with E-state index in [2.05, 4.69) is 0 Å². The first-order chi connectivity index (χ1) is 12.0. The molecule has 0 amide bonds. The minimum atomic E-state index is -0.415. The summed E-state index contributed by atoms with van der Waals surface area (Å²) < 4.78 is 16.4. The van der Waals surface area contributed by atoms with Crippen LogP contribution < -0.4 is 14.2 Å². The van der Waals surface area contributed by atoms with Gasteiger partial charge >= 0.3 is 0 Å². The standard InChI is InChI=1S/C19H18O6/c1-9-16(20)10(2)19-15(17(9)21)18(22)12(7-23-19)5-11-3-4-13-14(6-11)25-8-24-13/h3-4,6,12,20-21H,5,7-8H2,1-2H3. The van der Waals surface area contributed by atoms with Crippen molar-refractivity contribution in [3.63, 3.8) is 0 Å². The van der Waals surface area contributed by atoms with Crippen molar-refractivity contribution < 1.29 is 29.2 Å². The number of rotatable bonds is 2. The molecule has 0 bridgehead atoms. The van der Waals surface area contributed by atoms with Crippen LogP contribution in [0.2, 0.25) is 0 Å². The van der Waals surface area contributed by atoms with Crippen molar-refractivity contribution >= 4 is 5.78 Å². The van der Waals surface area contributed by atoms with Crippen LogP contribution in [0.25, 0.3) is 0 Å². The number of aromatic hydroxyl groups is 2. The second-order valence-corrected chi connectivity index (χ2v) is 6.42. The van der Waals surface area contributed by atoms with Gasteiger partial charge in [-0.3, -0.25) is 4.79 Å². The predicted molar refractivity (Wildman–Crippen MR) is 88.8 cm³/mol. The Kier molecular flexibility index (Phi) is 3.49. The molecular weight excluding hydrogens is 324 g/mol. The molecule has 0 spiro atoms. The number of carbonyl (C=O) groups is 1. The van der Waals surface area contributed by atoms with E-state index in [4.69, 9.17) is 14.2 Å². The third-order valence-electron chi connectivity index (χ3n) is 4.84. The second kappa shape index (κ2) is 5.58. The average Bonchev–Trinajstić information content (AvgIpc) is 3.07. The summed E-state index contributed by atoms with van der Waals surface area (Å²) in [5, 5.41) is 20.4. The van der Waals surface area contributed by atoms with Crippen LogP contribution in [0.5, 0.6) is 28.7 Å². The average molecular weight is 342 g/mol. The fourth-order valence-corrected chi connectivity index (χ4v) is 3.36. The van der Waals surface area contributed by atoms with Gasteiger partial charge in [0.2, 0.25) is 6.79 Å². The van der Waals surface area contributed by atoms with Crippen molar-refractivity contribution in [2.75, 3.05) is 13.4 Å². The number of phenolic OH excluding ortho intramolecular Hbond substituents is 2. The topological polar surface area (TPSA) is 85.2 Å². The monoisotopic (exact) mass is 342 g/mol. The van der Waals surface area contributed by atoms with E-state index in [9.17, 15) is 15.0 Å². The first-order valence-electron chi connectivity index (χ1n) is 8.08. The lowest BCUT2D eigenvalue weighted by atomic mass is 9.87. The number of benzene rings is 2. The van der Waals surface area contributed by atoms with Crippen LogP contribution in [-0.4, -0.2) is 29.4 Å². The van der Waals surface area contributed by atoms with Crippen molar-refractivity contribution in [1.82, 2.24) is 0 Å². The van der Waals surface area contributed by atoms with Crippen LogP contribution in [0.4, 0.5) is 0 Å². The van der Waals surface area contributed by atoms with E-state index in [1.807, 2.05) is 18.2 Å². The predicted octanol–water partition coefficient (Wildman–Crippen LogP) is 2.88. The number of ether oxygens (including phenoxy) is 3. The normalized spacial score (nSPS) is 18.0. The van der Waals surface area contributed by atoms with Crippen LogP contribution in [0.15, 0.2) is 18.2 Å². The van der Waals surface area contributed by atoms with E-state index in [1.54, 1.807) is 13.8 Å². The number of fused-ring (bicyclic) bond motifs is 2. The SMILES string of the molecule is Cc1c(O)c(C)c2c(c1O)C(=O)C(Cc1ccc3c(c1)OCO3)CO2. The molecule has 4 rings (SSSR count). The first kappa shape index (κ1) is 15.6. The molecule has 0 fully saturated rings. The van der Waals surface area contributed by atoms with Crippen molar-refractivity contribution in [2.45, 2.75) is 20.3 Å². The van der Waals surface area contributed by atoms with Gasteiger partial charge in [-0.15, -0.1) is 0 Å². The summed E-state index contributed by atoms with van der Waals surface area (Å²) in [5.41, 5.74) is 1.85. The molecule has 0 radical (unpaired) electrons. The highest BCUT2D eigenvalue weighted by Crippen LogP contribution is 2.45. The summed E-state index contributed by atoms with van der Waals surface area (Å²) in [6.07, 6.45) is 0.466. The molecule has 0 saturated carbocycles. The molecule has 0 saturated heterocycles. The largest absolute Gasteiger partial charge is 0.507 e. The second-order valence-electron chi connectivity index (χ2n) is 6.42. The molecule has 1 unspecified atom stereocenters. The quantitative estimate of drug-likeness (QED) is 0.873. The van der Waals surface area contributed by atoms with Gasteiger partial charge in [-0.1, -0.05) is 6.07 Å². The maximum absolute atomic E-state index is 12.9. The third-order valence-corrected chi connectivity index (χ3v) is 4.84. The fourth-order valence-electron chi connectivity index (χ4n) is 3.36. The van der Waals surface area contributed by atoms with Crippen molar-refractivity contribution in [1.29, 1.82) is 0 Å². The zero-order chi connectivity index (χ0) is 17.7. The highest BCUT2D eigenvalue weighted by atomic mass is 16.7. The number of carbonyl (C=O) groups excluding carboxylic acids is 1. The van der Waals surface area contributed by atoms with Gasteiger partial charge in [0, 0.05) is 11.1 Å². The molecule has 25 heavy (non-hydrogen) atoms. The summed E-state index contributed by atoms with van der Waals surface area (Å²) in [4.78, 5) is 12.9. The smallest absolute Gasteiger partial charge is 0.231 e. The Morgan fingerprint density at radius 3 is 2.60 bits per heavy atom. The molecule has 2 aliphatic rings. The minimum absolute atomic E-state index is 0.0433. The lowest BCUT2D eigenvalue weighted by molar-refractivity contribution is 0.0824. The van der Waals surface area contributed by atoms with E-state index in [0.29, 0.717) is 23.5 Å². The number of hydrogen-bond donors (Lipinski definition) is 2. The van der Waals surface area contributed by atoms with Gasteiger partial charge in [-0.2, -0.15) is 0 Å². The Hall–Kier alpha value is -2.89. The lowest BCUT2D eigenvalue weighted by Gasteiger charge is -2.27. The van der Waals surface area contributed by atoms with Gasteiger partial charge in [0.25, 0.3) is 0 Å². The summed E-state index contributed by atoms with van der Waals surface area (Å²) in [6.45, 7) is 3.65. The van der Waals surface area contributed by atoms with Gasteiger partial charge in [-0.25, -0.2) is 0 Å². The Bertz CT molecular complexity index is 886. The van der Waals surface area contributed by atoms with Gasteiger partial charge in [0.05, 0.1) is 12.5 Å². The lowest BCUT2D eigenvalue weighted by Crippen LogP contribution is -2.30. The molecule has 2 aromatic carbocycles. The molecule has 2 N–H and O–H groups in total. The molecule has 0 aliphatic carbocycles. The molecule has 2 heterocycles. The number of Topliss-reactive ketones (excluding diaryl/α,β-unsaturated/α-hetero) is 1. The van der Waals surface area contributed by atoms with E-state index >= 15 is 0 Å². The van der Waals surface area contributed by atoms with Crippen molar-refractivity contribution in [3.05, 3.63) is 40.5 Å². The third kappa shape index (κ3) is 2.36. The Labute approximate surface area is 144 Å². The maximum Gasteiger partial charge on any atom is 0.231 e. The number of ketones is 1. The number of phenols is 2. The summed E-state index contributed by atoms with van der Waals surface area (Å²) in [6, 6.07) is 5.57. The van der Waals surface area contributed by atoms with Crippen molar-refractivity contribution in [2.24, 2.45) is 5.92 Å². The molecule has 6 heteroatoms. The molecule has 6 nitrogen and oxygen atoms in total. The van der Waals surface area contributed by atoms with E-state index in [0.717, 1.165) is 5.56 Å². The van der Waals surface area contributed by atoms with Gasteiger partial charge in [0.1, 0.15) is 22.8 Å². The highest BCUT2D eigenvalue weighted by Gasteiger charge is 2.35. The van der Waals surface area contributed by atoms with Crippen LogP contribution in [-0.2, 0) is 6.42 Å². The Morgan fingerprint density at radius 1 is 1.04 bits per heavy atom. The van der Waals surface area contributed by atoms with Crippen molar-refractivity contribution in [3.8, 4) is 28.7 Å². The summed E-state index contributed by atoms with van der Waals surface area (Å²) >= 11 is 0. The highest BCUT2D eigenvalue weighted by molar-refractivity contribution is 6.05. The summed E-state index contributed by atoms with van der Waals surface area (Å²) in [7, 11) is 0. The van der Waals surface area contributed by atoms with Crippen LogP contribution >= 0.6 is 0 Å². The minimum Gasteiger partial charge on any atom is -0.507 e. The molecule has 130 valence electrons. The van der Waals surface area contributed by atoms with E-state index in [-0.39, 0.29) is 47.6 Å². The zero-order valence-corrected chi connectivity index (χ0v) is 14.0. The molecular formula is C19H18O6. The van der Waals surface area contributed by atoms with Gasteiger partial charge < -0.3 is 24.4 Å². The van der Waals surface area contributed by atoms with Crippen LogP contribution in [0.3, 0.4) is 0 Å². The summed E-state index contributed by atoms with van der Waals surface area (Å²) in [5.74, 6) is 0.787. The van der Waals surface area contributed by atoms with Gasteiger partial charge in [-0.05, 0) is 38.0 Å². The Balaban J connectivity index is 1.66. The van der Waals surface area contributed by atoms with E-state index in [1.165, 1.54) is 0 Å². The zero-order valence-electron chi connectivity index (χ0n) is 14.0. The van der Waals surface area contributed by atoms with Crippen LogP contribution in [0, 0.1) is 19.8 Å². The van der Waals surface area contributed by atoms with Crippen LogP contribution in [0.1, 0.15) is 27.0 Å². The molecule has 0 aromatic heterocycles. The molecule has 2 aliphatic heterocycles. The molecule has 2 aromatic rings. The van der Waals surface area contributed by atoms with E-state index < -0.39 is 5.92 Å².